The van der Waals surface area contributed by atoms with Crippen molar-refractivity contribution in [3.63, 3.8) is 0 Å². The fourth-order valence-electron chi connectivity index (χ4n) is 1.69. The van der Waals surface area contributed by atoms with Crippen LogP contribution < -0.4 is 11.3 Å². The lowest BCUT2D eigenvalue weighted by Gasteiger charge is -2.28. The molecule has 1 aromatic carbocycles. The summed E-state index contributed by atoms with van der Waals surface area (Å²) < 4.78 is 29.6. The van der Waals surface area contributed by atoms with Crippen LogP contribution in [0, 0.1) is 12.3 Å². The number of aryl methyl sites for hydroxylation is 1. The number of nitrogens with two attached hydrogens (primary N) is 1. The molecule has 1 rings (SSSR count). The van der Waals surface area contributed by atoms with Crippen molar-refractivity contribution in [3.8, 4) is 0 Å². The standard InChI is InChI=1S/C7H18N2.C7H8O3S/c1-5-6(9-8)7(2,3)4;1-6-2-4-7(5-3-6)11(8,9)10/h6,9H,5,8H2,1-4H3;2-5H,1H3,(H,8,9,10)/t6-;/m1./s1. The molecule has 0 fully saturated rings. The Morgan fingerprint density at radius 3 is 1.90 bits per heavy atom. The Balaban J connectivity index is 0.000000370. The van der Waals surface area contributed by atoms with Gasteiger partial charge in [0, 0.05) is 6.04 Å². The number of hydrogen-bond donors (Lipinski definition) is 3. The van der Waals surface area contributed by atoms with E-state index in [1.54, 1.807) is 12.1 Å². The van der Waals surface area contributed by atoms with E-state index < -0.39 is 10.1 Å². The molecule has 0 heterocycles. The molecule has 5 nitrogen and oxygen atoms in total. The van der Waals surface area contributed by atoms with E-state index in [1.165, 1.54) is 12.1 Å². The lowest BCUT2D eigenvalue weighted by atomic mass is 9.86. The average Bonchev–Trinajstić information content (AvgIpc) is 2.28. The van der Waals surface area contributed by atoms with E-state index in [0.29, 0.717) is 6.04 Å². The van der Waals surface area contributed by atoms with Crippen LogP contribution in [0.5, 0.6) is 0 Å². The SMILES string of the molecule is CC[C@@H](NN)C(C)(C)C.Cc1ccc(S(=O)(=O)O)cc1. The summed E-state index contributed by atoms with van der Waals surface area (Å²) in [5.74, 6) is 5.32. The van der Waals surface area contributed by atoms with E-state index in [1.807, 2.05) is 6.92 Å². The van der Waals surface area contributed by atoms with E-state index in [0.717, 1.165) is 12.0 Å². The van der Waals surface area contributed by atoms with Gasteiger partial charge in [0.15, 0.2) is 0 Å². The monoisotopic (exact) mass is 302 g/mol. The minimum Gasteiger partial charge on any atom is -0.282 e. The Morgan fingerprint density at radius 2 is 1.70 bits per heavy atom. The molecular formula is C14H26N2O3S. The molecule has 0 aromatic heterocycles. The van der Waals surface area contributed by atoms with Crippen molar-refractivity contribution in [2.45, 2.75) is 52.0 Å². The molecular weight excluding hydrogens is 276 g/mol. The summed E-state index contributed by atoms with van der Waals surface area (Å²) in [4.78, 5) is -0.0666. The second kappa shape index (κ2) is 7.73. The molecule has 0 saturated heterocycles. The Kier molecular flexibility index (Phi) is 7.37. The van der Waals surface area contributed by atoms with Crippen LogP contribution in [0.2, 0.25) is 0 Å². The maximum atomic E-state index is 10.5. The zero-order chi connectivity index (χ0) is 16.0. The Hall–Kier alpha value is -0.950. The molecule has 6 heteroatoms. The molecule has 116 valence electrons. The Labute approximate surface area is 122 Å². The van der Waals surface area contributed by atoms with Gasteiger partial charge in [-0.3, -0.25) is 15.8 Å². The van der Waals surface area contributed by atoms with Gasteiger partial charge in [-0.05, 0) is 30.9 Å². The highest BCUT2D eigenvalue weighted by Gasteiger charge is 2.20. The Bertz CT molecular complexity index is 486. The number of benzene rings is 1. The third kappa shape index (κ3) is 7.00. The third-order valence-corrected chi connectivity index (χ3v) is 3.84. The average molecular weight is 302 g/mol. The molecule has 1 atom stereocenters. The van der Waals surface area contributed by atoms with Crippen molar-refractivity contribution < 1.29 is 13.0 Å². The summed E-state index contributed by atoms with van der Waals surface area (Å²) in [7, 11) is -4.02. The van der Waals surface area contributed by atoms with Crippen LogP contribution in [0.4, 0.5) is 0 Å². The molecule has 4 N–H and O–H groups in total. The smallest absolute Gasteiger partial charge is 0.282 e. The van der Waals surface area contributed by atoms with Gasteiger partial charge < -0.3 is 0 Å². The highest BCUT2D eigenvalue weighted by molar-refractivity contribution is 7.85. The quantitative estimate of drug-likeness (QED) is 0.453. The van der Waals surface area contributed by atoms with Gasteiger partial charge in [-0.15, -0.1) is 0 Å². The summed E-state index contributed by atoms with van der Waals surface area (Å²) in [5, 5.41) is 0. The first-order valence-electron chi connectivity index (χ1n) is 6.52. The molecule has 20 heavy (non-hydrogen) atoms. The van der Waals surface area contributed by atoms with Gasteiger partial charge in [-0.25, -0.2) is 0 Å². The minimum absolute atomic E-state index is 0.0666. The van der Waals surface area contributed by atoms with E-state index in [-0.39, 0.29) is 10.3 Å². The molecule has 0 amide bonds. The normalized spacial score (nSPS) is 13.3. The summed E-state index contributed by atoms with van der Waals surface area (Å²) in [6.45, 7) is 10.5. The van der Waals surface area contributed by atoms with Crippen molar-refractivity contribution in [3.05, 3.63) is 29.8 Å². The van der Waals surface area contributed by atoms with Crippen molar-refractivity contribution in [2.24, 2.45) is 11.3 Å². The second-order valence-electron chi connectivity index (χ2n) is 5.78. The molecule has 0 spiro atoms. The van der Waals surface area contributed by atoms with Gasteiger partial charge in [0.25, 0.3) is 10.1 Å². The third-order valence-electron chi connectivity index (χ3n) is 2.97. The fourth-order valence-corrected chi connectivity index (χ4v) is 2.17. The summed E-state index contributed by atoms with van der Waals surface area (Å²) in [5.41, 5.74) is 4.03. The molecule has 0 unspecified atom stereocenters. The van der Waals surface area contributed by atoms with Gasteiger partial charge in [-0.1, -0.05) is 45.4 Å². The Morgan fingerprint density at radius 1 is 1.25 bits per heavy atom. The first-order chi connectivity index (χ1) is 9.02. The number of rotatable bonds is 3. The second-order valence-corrected chi connectivity index (χ2v) is 7.20. The summed E-state index contributed by atoms with van der Waals surface area (Å²) in [6, 6.07) is 6.42. The lowest BCUT2D eigenvalue weighted by molar-refractivity contribution is 0.264. The van der Waals surface area contributed by atoms with Crippen LogP contribution in [-0.4, -0.2) is 19.0 Å². The number of nitrogens with one attached hydrogen (secondary N) is 1. The zero-order valence-corrected chi connectivity index (χ0v) is 13.7. The predicted molar refractivity (Wildman–Crippen MR) is 81.9 cm³/mol. The first-order valence-corrected chi connectivity index (χ1v) is 7.96. The zero-order valence-electron chi connectivity index (χ0n) is 12.8. The van der Waals surface area contributed by atoms with Crippen LogP contribution >= 0.6 is 0 Å². The van der Waals surface area contributed by atoms with Crippen molar-refractivity contribution in [2.75, 3.05) is 0 Å². The largest absolute Gasteiger partial charge is 0.294 e. The molecule has 0 aliphatic heterocycles. The van der Waals surface area contributed by atoms with Crippen LogP contribution in [0.15, 0.2) is 29.2 Å². The van der Waals surface area contributed by atoms with Gasteiger partial charge in [-0.2, -0.15) is 8.42 Å². The minimum atomic E-state index is -4.02. The van der Waals surface area contributed by atoms with Crippen LogP contribution in [-0.2, 0) is 10.1 Å². The van der Waals surface area contributed by atoms with Crippen molar-refractivity contribution in [1.29, 1.82) is 0 Å². The highest BCUT2D eigenvalue weighted by Crippen LogP contribution is 2.20. The van der Waals surface area contributed by atoms with Crippen molar-refractivity contribution in [1.82, 2.24) is 5.43 Å². The fraction of sp³-hybridized carbons (Fsp3) is 0.571. The van der Waals surface area contributed by atoms with E-state index in [2.05, 4.69) is 33.1 Å². The van der Waals surface area contributed by atoms with Gasteiger partial charge in [0.05, 0.1) is 4.90 Å². The number of hydrogen-bond acceptors (Lipinski definition) is 4. The highest BCUT2D eigenvalue weighted by atomic mass is 32.2. The maximum absolute atomic E-state index is 10.5. The van der Waals surface area contributed by atoms with Crippen molar-refractivity contribution >= 4 is 10.1 Å². The molecule has 0 saturated carbocycles. The molecule has 0 aliphatic carbocycles. The van der Waals surface area contributed by atoms with Gasteiger partial charge >= 0.3 is 0 Å². The maximum Gasteiger partial charge on any atom is 0.294 e. The lowest BCUT2D eigenvalue weighted by Crippen LogP contribution is -2.43. The van der Waals surface area contributed by atoms with E-state index in [9.17, 15) is 8.42 Å². The van der Waals surface area contributed by atoms with Crippen LogP contribution in [0.1, 0.15) is 39.7 Å². The topological polar surface area (TPSA) is 92.4 Å². The number of hydrazine groups is 1. The summed E-state index contributed by atoms with van der Waals surface area (Å²) >= 11 is 0. The van der Waals surface area contributed by atoms with Crippen LogP contribution in [0.25, 0.3) is 0 Å². The first kappa shape index (κ1) is 19.1. The molecule has 0 aliphatic rings. The predicted octanol–water partition coefficient (Wildman–Crippen LogP) is 2.52. The van der Waals surface area contributed by atoms with Gasteiger partial charge in [0.1, 0.15) is 0 Å². The molecule has 0 bridgehead atoms. The van der Waals surface area contributed by atoms with Crippen LogP contribution in [0.3, 0.4) is 0 Å². The molecule has 1 aromatic rings. The van der Waals surface area contributed by atoms with Gasteiger partial charge in [0.2, 0.25) is 0 Å². The van der Waals surface area contributed by atoms with E-state index >= 15 is 0 Å². The summed E-state index contributed by atoms with van der Waals surface area (Å²) in [6.07, 6.45) is 1.08. The van der Waals surface area contributed by atoms with E-state index in [4.69, 9.17) is 10.4 Å². The molecule has 0 radical (unpaired) electrons.